The zero-order chi connectivity index (χ0) is 11.5. The van der Waals surface area contributed by atoms with E-state index in [1.807, 2.05) is 6.92 Å². The van der Waals surface area contributed by atoms with Crippen molar-refractivity contribution in [2.45, 2.75) is 6.92 Å². The van der Waals surface area contributed by atoms with Crippen LogP contribution in [-0.4, -0.2) is 10.2 Å². The summed E-state index contributed by atoms with van der Waals surface area (Å²) in [6, 6.07) is 5.93. The maximum Gasteiger partial charge on any atom is 0.239 e. The smallest absolute Gasteiger partial charge is 0.239 e. The highest BCUT2D eigenvalue weighted by Crippen LogP contribution is 2.22. The molecule has 0 unspecified atom stereocenters. The summed E-state index contributed by atoms with van der Waals surface area (Å²) in [6.07, 6.45) is 1.61. The first-order valence-electron chi connectivity index (χ1n) is 4.67. The third-order valence-electron chi connectivity index (χ3n) is 1.96. The maximum absolute atomic E-state index is 13.1. The van der Waals surface area contributed by atoms with Crippen molar-refractivity contribution in [1.82, 2.24) is 10.2 Å². The fourth-order valence-electron chi connectivity index (χ4n) is 1.18. The Morgan fingerprint density at radius 1 is 1.31 bits per heavy atom. The van der Waals surface area contributed by atoms with E-state index in [9.17, 15) is 4.39 Å². The Bertz CT molecular complexity index is 516. The van der Waals surface area contributed by atoms with Crippen LogP contribution >= 0.6 is 0 Å². The van der Waals surface area contributed by atoms with Crippen LogP contribution in [-0.2, 0) is 0 Å². The van der Waals surface area contributed by atoms with Gasteiger partial charge in [0.1, 0.15) is 11.6 Å². The van der Waals surface area contributed by atoms with Crippen molar-refractivity contribution in [1.29, 1.82) is 0 Å². The maximum atomic E-state index is 13.1. The molecule has 0 bridgehead atoms. The lowest BCUT2D eigenvalue weighted by atomic mass is 10.3. The summed E-state index contributed by atoms with van der Waals surface area (Å²) in [6.45, 7) is 1.87. The van der Waals surface area contributed by atoms with Crippen molar-refractivity contribution in [3.8, 4) is 11.6 Å². The summed E-state index contributed by atoms with van der Waals surface area (Å²) in [5, 5.41) is 7.49. The lowest BCUT2D eigenvalue weighted by molar-refractivity contribution is 0.450. The molecule has 0 amide bonds. The third kappa shape index (κ3) is 2.25. The second-order valence-electron chi connectivity index (χ2n) is 3.36. The lowest BCUT2D eigenvalue weighted by Gasteiger charge is -2.05. The van der Waals surface area contributed by atoms with Crippen LogP contribution in [0.5, 0.6) is 11.6 Å². The number of benzene rings is 1. The van der Waals surface area contributed by atoms with Crippen LogP contribution in [0.1, 0.15) is 5.56 Å². The van der Waals surface area contributed by atoms with Gasteiger partial charge in [-0.25, -0.2) is 4.39 Å². The Hall–Kier alpha value is -2.17. The van der Waals surface area contributed by atoms with Crippen molar-refractivity contribution >= 4 is 5.69 Å². The second kappa shape index (κ2) is 4.14. The largest absolute Gasteiger partial charge is 0.437 e. The summed E-state index contributed by atoms with van der Waals surface area (Å²) in [7, 11) is 0. The van der Waals surface area contributed by atoms with Gasteiger partial charge in [0.15, 0.2) is 0 Å². The molecule has 4 nitrogen and oxygen atoms in total. The number of hydrogen-bond acceptors (Lipinski definition) is 4. The second-order valence-corrected chi connectivity index (χ2v) is 3.36. The molecule has 2 N–H and O–H groups in total. The number of ether oxygens (including phenoxy) is 1. The van der Waals surface area contributed by atoms with Gasteiger partial charge in [-0.15, -0.1) is 5.10 Å². The van der Waals surface area contributed by atoms with Gasteiger partial charge < -0.3 is 10.5 Å². The van der Waals surface area contributed by atoms with Gasteiger partial charge >= 0.3 is 0 Å². The Kier molecular flexibility index (Phi) is 2.68. The topological polar surface area (TPSA) is 61.0 Å². The highest BCUT2D eigenvalue weighted by Gasteiger charge is 2.03. The molecule has 0 atom stereocenters. The number of nitrogens with two attached hydrogens (primary N) is 1. The molecule has 0 saturated carbocycles. The number of nitrogens with zero attached hydrogens (tertiary/aromatic N) is 2. The zero-order valence-electron chi connectivity index (χ0n) is 8.64. The molecule has 0 aliphatic heterocycles. The van der Waals surface area contributed by atoms with E-state index in [1.54, 1.807) is 18.3 Å². The molecule has 5 heteroatoms. The number of hydrogen-bond donors (Lipinski definition) is 1. The summed E-state index contributed by atoms with van der Waals surface area (Å²) < 4.78 is 18.4. The fraction of sp³-hybridized carbons (Fsp3) is 0.0909. The van der Waals surface area contributed by atoms with Crippen LogP contribution in [0.3, 0.4) is 0 Å². The van der Waals surface area contributed by atoms with E-state index in [0.717, 1.165) is 5.56 Å². The fourth-order valence-corrected chi connectivity index (χ4v) is 1.18. The Morgan fingerprint density at radius 3 is 2.81 bits per heavy atom. The molecule has 1 aromatic heterocycles. The summed E-state index contributed by atoms with van der Waals surface area (Å²) >= 11 is 0. The minimum Gasteiger partial charge on any atom is -0.437 e. The van der Waals surface area contributed by atoms with Crippen LogP contribution in [0.15, 0.2) is 30.5 Å². The van der Waals surface area contributed by atoms with Gasteiger partial charge in [-0.1, -0.05) is 0 Å². The first kappa shape index (κ1) is 10.4. The predicted molar refractivity (Wildman–Crippen MR) is 57.7 cm³/mol. The van der Waals surface area contributed by atoms with Crippen molar-refractivity contribution in [3.63, 3.8) is 0 Å². The Morgan fingerprint density at radius 2 is 2.12 bits per heavy atom. The summed E-state index contributed by atoms with van der Waals surface area (Å²) in [4.78, 5) is 0. The molecule has 0 saturated heterocycles. The number of anilines is 1. The number of nitrogen functional groups attached to an aromatic ring is 1. The molecular weight excluding hydrogens is 209 g/mol. The van der Waals surface area contributed by atoms with Gasteiger partial charge in [-0.05, 0) is 24.6 Å². The molecule has 0 aliphatic rings. The van der Waals surface area contributed by atoms with E-state index >= 15 is 0 Å². The van der Waals surface area contributed by atoms with E-state index in [4.69, 9.17) is 10.5 Å². The Balaban J connectivity index is 2.24. The van der Waals surface area contributed by atoms with Crippen LogP contribution in [0.4, 0.5) is 10.1 Å². The van der Waals surface area contributed by atoms with Crippen molar-refractivity contribution in [3.05, 3.63) is 41.8 Å². The average Bonchev–Trinajstić information content (AvgIpc) is 2.24. The van der Waals surface area contributed by atoms with Crippen LogP contribution in [0.2, 0.25) is 0 Å². The van der Waals surface area contributed by atoms with Gasteiger partial charge in [-0.2, -0.15) is 5.10 Å². The van der Waals surface area contributed by atoms with Gasteiger partial charge in [0, 0.05) is 12.1 Å². The van der Waals surface area contributed by atoms with Gasteiger partial charge in [0.25, 0.3) is 0 Å². The van der Waals surface area contributed by atoms with E-state index < -0.39 is 5.82 Å². The quantitative estimate of drug-likeness (QED) is 0.787. The molecule has 2 rings (SSSR count). The summed E-state index contributed by atoms with van der Waals surface area (Å²) in [5.41, 5.74) is 6.35. The molecule has 0 aliphatic carbocycles. The standard InChI is InChI=1S/C11H10FN3O/c1-7-4-11(15-14-6-7)16-8-2-3-10(13)9(12)5-8/h2-6H,13H2,1H3. The molecule has 82 valence electrons. The van der Waals surface area contributed by atoms with Gasteiger partial charge in [0.2, 0.25) is 5.88 Å². The first-order chi connectivity index (χ1) is 7.65. The lowest BCUT2D eigenvalue weighted by Crippen LogP contribution is -1.94. The average molecular weight is 219 g/mol. The van der Waals surface area contributed by atoms with Crippen molar-refractivity contribution < 1.29 is 9.13 Å². The summed E-state index contributed by atoms with van der Waals surface area (Å²) in [5.74, 6) is 0.147. The van der Waals surface area contributed by atoms with E-state index in [1.165, 1.54) is 12.1 Å². The van der Waals surface area contributed by atoms with Gasteiger partial charge in [-0.3, -0.25) is 0 Å². The highest BCUT2D eigenvalue weighted by atomic mass is 19.1. The molecule has 2 aromatic rings. The minimum absolute atomic E-state index is 0.0858. The molecule has 0 spiro atoms. The van der Waals surface area contributed by atoms with E-state index in [2.05, 4.69) is 10.2 Å². The minimum atomic E-state index is -0.516. The Labute approximate surface area is 91.9 Å². The van der Waals surface area contributed by atoms with E-state index in [-0.39, 0.29) is 5.69 Å². The normalized spacial score (nSPS) is 10.1. The number of aryl methyl sites for hydroxylation is 1. The molecular formula is C11H10FN3O. The molecule has 1 heterocycles. The third-order valence-corrected chi connectivity index (χ3v) is 1.96. The van der Waals surface area contributed by atoms with Crippen LogP contribution in [0, 0.1) is 12.7 Å². The highest BCUT2D eigenvalue weighted by molar-refractivity contribution is 5.44. The number of rotatable bonds is 2. The number of aromatic nitrogens is 2. The first-order valence-corrected chi connectivity index (χ1v) is 4.67. The zero-order valence-corrected chi connectivity index (χ0v) is 8.64. The van der Waals surface area contributed by atoms with Crippen molar-refractivity contribution in [2.24, 2.45) is 0 Å². The molecule has 0 radical (unpaired) electrons. The SMILES string of the molecule is Cc1cnnc(Oc2ccc(N)c(F)c2)c1. The van der Waals surface area contributed by atoms with Crippen LogP contribution < -0.4 is 10.5 Å². The van der Waals surface area contributed by atoms with Crippen molar-refractivity contribution in [2.75, 3.05) is 5.73 Å². The molecule has 16 heavy (non-hydrogen) atoms. The van der Waals surface area contributed by atoms with Crippen LogP contribution in [0.25, 0.3) is 0 Å². The van der Waals surface area contributed by atoms with E-state index in [0.29, 0.717) is 11.6 Å². The van der Waals surface area contributed by atoms with Gasteiger partial charge in [0.05, 0.1) is 11.9 Å². The predicted octanol–water partition coefficient (Wildman–Crippen LogP) is 2.30. The molecule has 0 fully saturated rings. The monoisotopic (exact) mass is 219 g/mol. The number of halogens is 1. The molecule has 1 aromatic carbocycles.